The van der Waals surface area contributed by atoms with Crippen molar-refractivity contribution in [3.8, 4) is 78.4 Å². The molecule has 2 heteroatoms. The lowest BCUT2D eigenvalue weighted by molar-refractivity contribution is 0.645. The Morgan fingerprint density at radius 3 is 1.66 bits per heavy atom. The van der Waals surface area contributed by atoms with Crippen molar-refractivity contribution in [2.45, 2.75) is 19.3 Å². The minimum Gasteiger partial charge on any atom is -0.228 e. The first-order valence-corrected chi connectivity index (χ1v) is 20.4. The van der Waals surface area contributed by atoms with E-state index in [1.54, 1.807) is 0 Å². The standard InChI is InChI=1S/C57H40N2/c1-57(2)51-28-12-10-23-47(51)46-22-8-9-25-49(46)55-45(26-15-27-50(55)48-24-11-13-29-52(48)57)39-19-14-20-42(35-39)56-58-53(38-17-4-3-5-18-38)36-54(59-56)41-32-33-44-40(34-41)31-30-37-16-6-7-21-43(37)44/h3-36H,1-2H3. The van der Waals surface area contributed by atoms with Gasteiger partial charge < -0.3 is 0 Å². The minimum atomic E-state index is -0.241. The normalized spacial score (nSPS) is 12.7. The quantitative estimate of drug-likeness (QED) is 0.167. The molecule has 59 heavy (non-hydrogen) atoms. The Hall–Kier alpha value is -7.42. The van der Waals surface area contributed by atoms with Crippen LogP contribution in [0.5, 0.6) is 0 Å². The molecule has 278 valence electrons. The average Bonchev–Trinajstić information content (AvgIpc) is 3.33. The summed E-state index contributed by atoms with van der Waals surface area (Å²) in [4.78, 5) is 10.6. The highest BCUT2D eigenvalue weighted by Gasteiger charge is 2.32. The molecule has 1 aromatic heterocycles. The van der Waals surface area contributed by atoms with Crippen molar-refractivity contribution in [1.29, 1.82) is 0 Å². The Bertz CT molecular complexity index is 3250. The van der Waals surface area contributed by atoms with Gasteiger partial charge in [-0.3, -0.25) is 0 Å². The predicted octanol–water partition coefficient (Wildman–Crippen LogP) is 15.1. The largest absolute Gasteiger partial charge is 0.228 e. The molecule has 9 aromatic carbocycles. The van der Waals surface area contributed by atoms with Gasteiger partial charge in [-0.1, -0.05) is 202 Å². The molecule has 1 heterocycles. The molecule has 10 aromatic rings. The van der Waals surface area contributed by atoms with Crippen molar-refractivity contribution in [3.05, 3.63) is 217 Å². The lowest BCUT2D eigenvalue weighted by Gasteiger charge is -2.30. The second kappa shape index (κ2) is 13.9. The monoisotopic (exact) mass is 752 g/mol. The van der Waals surface area contributed by atoms with Crippen LogP contribution in [-0.4, -0.2) is 9.97 Å². The molecule has 1 aliphatic carbocycles. The van der Waals surface area contributed by atoms with E-state index in [1.165, 1.54) is 71.6 Å². The van der Waals surface area contributed by atoms with Gasteiger partial charge in [0.1, 0.15) is 0 Å². The van der Waals surface area contributed by atoms with Crippen LogP contribution in [0.15, 0.2) is 206 Å². The summed E-state index contributed by atoms with van der Waals surface area (Å²) in [6, 6.07) is 74.7. The summed E-state index contributed by atoms with van der Waals surface area (Å²) >= 11 is 0. The molecule has 0 N–H and O–H groups in total. The number of hydrogen-bond acceptors (Lipinski definition) is 2. The molecule has 2 nitrogen and oxygen atoms in total. The summed E-state index contributed by atoms with van der Waals surface area (Å²) in [6.45, 7) is 4.73. The Kier molecular flexibility index (Phi) is 8.20. The summed E-state index contributed by atoms with van der Waals surface area (Å²) in [5, 5.41) is 4.92. The molecule has 0 fully saturated rings. The first-order valence-electron chi connectivity index (χ1n) is 20.4. The van der Waals surface area contributed by atoms with Crippen LogP contribution in [0.2, 0.25) is 0 Å². The third-order valence-corrected chi connectivity index (χ3v) is 12.3. The van der Waals surface area contributed by atoms with Gasteiger partial charge in [-0.15, -0.1) is 0 Å². The molecule has 0 saturated heterocycles. The Labute approximate surface area is 345 Å². The highest BCUT2D eigenvalue weighted by atomic mass is 14.9. The van der Waals surface area contributed by atoms with Crippen molar-refractivity contribution < 1.29 is 0 Å². The fraction of sp³-hybridized carbons (Fsp3) is 0.0526. The Morgan fingerprint density at radius 1 is 0.322 bits per heavy atom. The highest BCUT2D eigenvalue weighted by molar-refractivity contribution is 6.08. The van der Waals surface area contributed by atoms with E-state index in [-0.39, 0.29) is 5.41 Å². The Balaban J connectivity index is 1.11. The van der Waals surface area contributed by atoms with Crippen molar-refractivity contribution in [2.24, 2.45) is 0 Å². The van der Waals surface area contributed by atoms with Crippen LogP contribution in [0.1, 0.15) is 25.0 Å². The summed E-state index contributed by atoms with van der Waals surface area (Å²) < 4.78 is 0. The van der Waals surface area contributed by atoms with E-state index in [0.29, 0.717) is 5.82 Å². The van der Waals surface area contributed by atoms with E-state index in [2.05, 4.69) is 214 Å². The summed E-state index contributed by atoms with van der Waals surface area (Å²) in [7, 11) is 0. The maximum Gasteiger partial charge on any atom is 0.160 e. The van der Waals surface area contributed by atoms with Gasteiger partial charge >= 0.3 is 0 Å². The van der Waals surface area contributed by atoms with Crippen LogP contribution >= 0.6 is 0 Å². The van der Waals surface area contributed by atoms with E-state index < -0.39 is 0 Å². The third kappa shape index (κ3) is 5.87. The first-order chi connectivity index (χ1) is 29.0. The van der Waals surface area contributed by atoms with Crippen molar-refractivity contribution in [2.75, 3.05) is 0 Å². The van der Waals surface area contributed by atoms with E-state index in [9.17, 15) is 0 Å². The topological polar surface area (TPSA) is 25.8 Å². The van der Waals surface area contributed by atoms with E-state index in [4.69, 9.17) is 9.97 Å². The van der Waals surface area contributed by atoms with Crippen LogP contribution < -0.4 is 0 Å². The van der Waals surface area contributed by atoms with Crippen LogP contribution in [0.25, 0.3) is 100.0 Å². The number of fused-ring (bicyclic) bond motifs is 10. The fourth-order valence-corrected chi connectivity index (χ4v) is 9.39. The number of hydrogen-bond donors (Lipinski definition) is 0. The summed E-state index contributed by atoms with van der Waals surface area (Å²) in [5.41, 5.74) is 17.0. The maximum absolute atomic E-state index is 5.33. The molecule has 11 rings (SSSR count). The average molecular weight is 753 g/mol. The summed E-state index contributed by atoms with van der Waals surface area (Å²) in [6.07, 6.45) is 0. The zero-order chi connectivity index (χ0) is 39.5. The fourth-order valence-electron chi connectivity index (χ4n) is 9.39. The lowest BCUT2D eigenvalue weighted by atomic mass is 9.73. The Morgan fingerprint density at radius 2 is 0.864 bits per heavy atom. The van der Waals surface area contributed by atoms with Gasteiger partial charge in [0, 0.05) is 22.1 Å². The molecule has 0 atom stereocenters. The van der Waals surface area contributed by atoms with Crippen molar-refractivity contribution in [1.82, 2.24) is 9.97 Å². The molecule has 0 spiro atoms. The van der Waals surface area contributed by atoms with Gasteiger partial charge in [0.15, 0.2) is 5.82 Å². The summed E-state index contributed by atoms with van der Waals surface area (Å²) in [5.74, 6) is 0.693. The van der Waals surface area contributed by atoms with Gasteiger partial charge in [-0.2, -0.15) is 0 Å². The van der Waals surface area contributed by atoms with Crippen molar-refractivity contribution >= 4 is 21.5 Å². The van der Waals surface area contributed by atoms with E-state index in [0.717, 1.165) is 33.6 Å². The van der Waals surface area contributed by atoms with Gasteiger partial charge in [-0.25, -0.2) is 9.97 Å². The third-order valence-electron chi connectivity index (χ3n) is 12.3. The van der Waals surface area contributed by atoms with Crippen LogP contribution in [-0.2, 0) is 5.41 Å². The lowest BCUT2D eigenvalue weighted by Crippen LogP contribution is -2.20. The molecule has 1 aliphatic rings. The minimum absolute atomic E-state index is 0.241. The molecular formula is C57H40N2. The smallest absolute Gasteiger partial charge is 0.160 e. The molecule has 0 aliphatic heterocycles. The molecule has 0 radical (unpaired) electrons. The van der Waals surface area contributed by atoms with Crippen LogP contribution in [0.3, 0.4) is 0 Å². The highest BCUT2D eigenvalue weighted by Crippen LogP contribution is 2.51. The number of benzene rings is 9. The van der Waals surface area contributed by atoms with Crippen LogP contribution in [0, 0.1) is 0 Å². The predicted molar refractivity (Wildman–Crippen MR) is 247 cm³/mol. The zero-order valence-electron chi connectivity index (χ0n) is 33.0. The maximum atomic E-state index is 5.33. The van der Waals surface area contributed by atoms with Gasteiger partial charge in [0.2, 0.25) is 0 Å². The SMILES string of the molecule is CC1(C)c2ccccc2-c2ccccc2-c2c(-c3cccc(-c4nc(-c5ccccc5)cc(-c5ccc6c(ccc7ccccc76)c5)n4)c3)cccc2-c2ccccc21. The molecule has 0 saturated carbocycles. The number of nitrogens with zero attached hydrogens (tertiary/aromatic N) is 2. The van der Waals surface area contributed by atoms with Crippen molar-refractivity contribution in [3.63, 3.8) is 0 Å². The molecule has 0 amide bonds. The first kappa shape index (κ1) is 34.8. The molecule has 0 bridgehead atoms. The molecular weight excluding hydrogens is 713 g/mol. The van der Waals surface area contributed by atoms with Crippen LogP contribution in [0.4, 0.5) is 0 Å². The second-order valence-electron chi connectivity index (χ2n) is 16.1. The van der Waals surface area contributed by atoms with E-state index in [1.807, 2.05) is 6.07 Å². The van der Waals surface area contributed by atoms with Gasteiger partial charge in [-0.05, 0) is 95.4 Å². The molecule has 0 unspecified atom stereocenters. The number of aromatic nitrogens is 2. The van der Waals surface area contributed by atoms with Gasteiger partial charge in [0.05, 0.1) is 11.4 Å². The van der Waals surface area contributed by atoms with Gasteiger partial charge in [0.25, 0.3) is 0 Å². The second-order valence-corrected chi connectivity index (χ2v) is 16.1. The van der Waals surface area contributed by atoms with E-state index >= 15 is 0 Å². The number of rotatable bonds is 4. The zero-order valence-corrected chi connectivity index (χ0v) is 33.0.